The van der Waals surface area contributed by atoms with E-state index in [1.165, 1.54) is 0 Å². The maximum absolute atomic E-state index is 12.1. The van der Waals surface area contributed by atoms with Crippen molar-refractivity contribution in [1.29, 1.82) is 0 Å². The molecule has 1 aliphatic carbocycles. The fourth-order valence-electron chi connectivity index (χ4n) is 2.88. The van der Waals surface area contributed by atoms with E-state index in [2.05, 4.69) is 5.32 Å². The largest absolute Gasteiger partial charge is 0.497 e. The number of rotatable bonds is 6. The van der Waals surface area contributed by atoms with Crippen LogP contribution in [-0.2, 0) is 11.2 Å². The van der Waals surface area contributed by atoms with Crippen LogP contribution in [0, 0.1) is 0 Å². The molecule has 0 saturated heterocycles. The smallest absolute Gasteiger partial charge is 0.220 e. The minimum atomic E-state index is -0.147. The molecule has 1 amide bonds. The van der Waals surface area contributed by atoms with Crippen molar-refractivity contribution in [2.75, 3.05) is 13.7 Å². The summed E-state index contributed by atoms with van der Waals surface area (Å²) < 4.78 is 5.19. The SMILES string of the molecule is COc1cccc(CCC(=O)NC2(CN)CCCC2)c1. The van der Waals surface area contributed by atoms with Crippen LogP contribution in [0.5, 0.6) is 5.75 Å². The van der Waals surface area contributed by atoms with E-state index >= 15 is 0 Å². The predicted molar refractivity (Wildman–Crippen MR) is 79.7 cm³/mol. The van der Waals surface area contributed by atoms with Gasteiger partial charge in [-0.3, -0.25) is 4.79 Å². The van der Waals surface area contributed by atoms with Crippen molar-refractivity contribution in [2.24, 2.45) is 5.73 Å². The lowest BCUT2D eigenvalue weighted by Crippen LogP contribution is -2.51. The van der Waals surface area contributed by atoms with Crippen LogP contribution < -0.4 is 15.8 Å². The molecule has 1 aliphatic rings. The van der Waals surface area contributed by atoms with E-state index in [0.717, 1.165) is 43.4 Å². The van der Waals surface area contributed by atoms with Crippen LogP contribution in [-0.4, -0.2) is 25.1 Å². The molecule has 0 heterocycles. The Morgan fingerprint density at radius 2 is 2.15 bits per heavy atom. The monoisotopic (exact) mass is 276 g/mol. The van der Waals surface area contributed by atoms with E-state index in [4.69, 9.17) is 10.5 Å². The van der Waals surface area contributed by atoms with Crippen LogP contribution in [0.4, 0.5) is 0 Å². The minimum Gasteiger partial charge on any atom is -0.497 e. The Morgan fingerprint density at radius 1 is 1.40 bits per heavy atom. The van der Waals surface area contributed by atoms with Gasteiger partial charge in [0, 0.05) is 13.0 Å². The number of methoxy groups -OCH3 is 1. The first kappa shape index (κ1) is 14.9. The lowest BCUT2D eigenvalue weighted by atomic mass is 9.97. The van der Waals surface area contributed by atoms with Crippen molar-refractivity contribution in [2.45, 2.75) is 44.1 Å². The zero-order valence-corrected chi connectivity index (χ0v) is 12.2. The van der Waals surface area contributed by atoms with Gasteiger partial charge in [0.25, 0.3) is 0 Å². The second kappa shape index (κ2) is 6.75. The van der Waals surface area contributed by atoms with Gasteiger partial charge in [-0.05, 0) is 37.0 Å². The maximum Gasteiger partial charge on any atom is 0.220 e. The fourth-order valence-corrected chi connectivity index (χ4v) is 2.88. The van der Waals surface area contributed by atoms with Gasteiger partial charge in [0.1, 0.15) is 5.75 Å². The van der Waals surface area contributed by atoms with Gasteiger partial charge in [-0.15, -0.1) is 0 Å². The second-order valence-corrected chi connectivity index (χ2v) is 5.59. The summed E-state index contributed by atoms with van der Waals surface area (Å²) in [7, 11) is 1.65. The topological polar surface area (TPSA) is 64.3 Å². The molecule has 20 heavy (non-hydrogen) atoms. The van der Waals surface area contributed by atoms with Crippen molar-refractivity contribution < 1.29 is 9.53 Å². The number of nitrogens with one attached hydrogen (secondary N) is 1. The van der Waals surface area contributed by atoms with Gasteiger partial charge >= 0.3 is 0 Å². The third-order valence-electron chi connectivity index (χ3n) is 4.13. The fraction of sp³-hybridized carbons (Fsp3) is 0.562. The number of nitrogens with two attached hydrogens (primary N) is 1. The number of hydrogen-bond donors (Lipinski definition) is 2. The summed E-state index contributed by atoms with van der Waals surface area (Å²) in [5, 5.41) is 3.15. The van der Waals surface area contributed by atoms with E-state index < -0.39 is 0 Å². The van der Waals surface area contributed by atoms with E-state index in [9.17, 15) is 4.79 Å². The van der Waals surface area contributed by atoms with Crippen LogP contribution >= 0.6 is 0 Å². The molecular weight excluding hydrogens is 252 g/mol. The van der Waals surface area contributed by atoms with Crippen LogP contribution in [0.3, 0.4) is 0 Å². The molecule has 0 bridgehead atoms. The average molecular weight is 276 g/mol. The highest BCUT2D eigenvalue weighted by Gasteiger charge is 2.33. The van der Waals surface area contributed by atoms with Crippen LogP contribution in [0.15, 0.2) is 24.3 Å². The Hall–Kier alpha value is -1.55. The number of benzene rings is 1. The molecule has 0 spiro atoms. The summed E-state index contributed by atoms with van der Waals surface area (Å²) in [6, 6.07) is 7.85. The number of amides is 1. The summed E-state index contributed by atoms with van der Waals surface area (Å²) in [6.45, 7) is 0.540. The van der Waals surface area contributed by atoms with E-state index in [0.29, 0.717) is 13.0 Å². The molecule has 4 heteroatoms. The first-order valence-corrected chi connectivity index (χ1v) is 7.31. The number of carbonyl (C=O) groups is 1. The van der Waals surface area contributed by atoms with Crippen molar-refractivity contribution >= 4 is 5.91 Å². The summed E-state index contributed by atoms with van der Waals surface area (Å²) in [4.78, 5) is 12.1. The number of carbonyl (C=O) groups excluding carboxylic acids is 1. The summed E-state index contributed by atoms with van der Waals surface area (Å²) >= 11 is 0. The third-order valence-corrected chi connectivity index (χ3v) is 4.13. The predicted octanol–water partition coefficient (Wildman–Crippen LogP) is 2.02. The molecule has 1 aromatic rings. The van der Waals surface area contributed by atoms with Gasteiger partial charge in [0.15, 0.2) is 0 Å². The first-order chi connectivity index (χ1) is 9.67. The van der Waals surface area contributed by atoms with Gasteiger partial charge in [-0.25, -0.2) is 0 Å². The van der Waals surface area contributed by atoms with E-state index in [1.807, 2.05) is 24.3 Å². The van der Waals surface area contributed by atoms with Crippen LogP contribution in [0.1, 0.15) is 37.7 Å². The second-order valence-electron chi connectivity index (χ2n) is 5.59. The molecule has 110 valence electrons. The molecular formula is C16H24N2O2. The zero-order chi connectivity index (χ0) is 14.4. The minimum absolute atomic E-state index is 0.0974. The van der Waals surface area contributed by atoms with Gasteiger partial charge in [-0.2, -0.15) is 0 Å². The van der Waals surface area contributed by atoms with Crippen LogP contribution in [0.2, 0.25) is 0 Å². The average Bonchev–Trinajstić information content (AvgIpc) is 2.94. The first-order valence-electron chi connectivity index (χ1n) is 7.31. The highest BCUT2D eigenvalue weighted by molar-refractivity contribution is 5.77. The molecule has 1 aromatic carbocycles. The molecule has 0 radical (unpaired) electrons. The lowest BCUT2D eigenvalue weighted by molar-refractivity contribution is -0.122. The number of ether oxygens (including phenoxy) is 1. The normalized spacial score (nSPS) is 16.9. The molecule has 0 unspecified atom stereocenters. The molecule has 2 rings (SSSR count). The van der Waals surface area contributed by atoms with Crippen molar-refractivity contribution in [3.05, 3.63) is 29.8 Å². The molecule has 0 atom stereocenters. The lowest BCUT2D eigenvalue weighted by Gasteiger charge is -2.28. The molecule has 4 nitrogen and oxygen atoms in total. The van der Waals surface area contributed by atoms with E-state index in [1.54, 1.807) is 7.11 Å². The molecule has 0 aromatic heterocycles. The highest BCUT2D eigenvalue weighted by atomic mass is 16.5. The summed E-state index contributed by atoms with van der Waals surface area (Å²) in [6.07, 6.45) is 5.56. The van der Waals surface area contributed by atoms with Crippen molar-refractivity contribution in [3.8, 4) is 5.75 Å². The summed E-state index contributed by atoms with van der Waals surface area (Å²) in [5.74, 6) is 0.928. The van der Waals surface area contributed by atoms with Gasteiger partial charge < -0.3 is 15.8 Å². The highest BCUT2D eigenvalue weighted by Crippen LogP contribution is 2.28. The number of aryl methyl sites for hydroxylation is 1. The van der Waals surface area contributed by atoms with Crippen molar-refractivity contribution in [3.63, 3.8) is 0 Å². The zero-order valence-electron chi connectivity index (χ0n) is 12.2. The van der Waals surface area contributed by atoms with Crippen LogP contribution in [0.25, 0.3) is 0 Å². The summed E-state index contributed by atoms with van der Waals surface area (Å²) in [5.41, 5.74) is 6.80. The van der Waals surface area contributed by atoms with Crippen molar-refractivity contribution in [1.82, 2.24) is 5.32 Å². The molecule has 1 fully saturated rings. The third kappa shape index (κ3) is 3.73. The van der Waals surface area contributed by atoms with Gasteiger partial charge in [0.05, 0.1) is 12.6 Å². The van der Waals surface area contributed by atoms with E-state index in [-0.39, 0.29) is 11.4 Å². The molecule has 1 saturated carbocycles. The quantitative estimate of drug-likeness (QED) is 0.835. The number of hydrogen-bond acceptors (Lipinski definition) is 3. The molecule has 0 aliphatic heterocycles. The Labute approximate surface area is 120 Å². The maximum atomic E-state index is 12.1. The van der Waals surface area contributed by atoms with Gasteiger partial charge in [0.2, 0.25) is 5.91 Å². The van der Waals surface area contributed by atoms with Gasteiger partial charge in [-0.1, -0.05) is 25.0 Å². The Kier molecular flexibility index (Phi) is 5.01. The Balaban J connectivity index is 1.85. The standard InChI is InChI=1S/C16H24N2O2/c1-20-14-6-4-5-13(11-14)7-8-15(19)18-16(12-17)9-2-3-10-16/h4-6,11H,2-3,7-10,12,17H2,1H3,(H,18,19). The Morgan fingerprint density at radius 3 is 2.80 bits per heavy atom. The Bertz CT molecular complexity index is 454. The molecule has 3 N–H and O–H groups in total.